The minimum Gasteiger partial charge on any atom is -0.391 e. The maximum absolute atomic E-state index is 5.51. The number of anilines is 1. The van der Waals surface area contributed by atoms with Crippen molar-refractivity contribution in [3.05, 3.63) is 17.5 Å². The average Bonchev–Trinajstić information content (AvgIpc) is 2.66. The van der Waals surface area contributed by atoms with Crippen molar-refractivity contribution >= 4 is 29.0 Å². The molecular weight excluding hydrogens is 214 g/mol. The van der Waals surface area contributed by atoms with Crippen molar-refractivity contribution in [2.75, 3.05) is 18.0 Å². The molecule has 1 aromatic rings. The first kappa shape index (κ1) is 13.8. The topological polar surface area (TPSA) is 64.1 Å². The van der Waals surface area contributed by atoms with Crippen LogP contribution in [0, 0.1) is 0 Å². The van der Waals surface area contributed by atoms with Crippen molar-refractivity contribution in [1.29, 1.82) is 0 Å². The predicted octanol–water partition coefficient (Wildman–Crippen LogP) is 1.53. The number of hydrogen-bond acceptors (Lipinski definition) is 5. The van der Waals surface area contributed by atoms with Gasteiger partial charge in [0, 0.05) is 12.3 Å². The molecule has 5 N–H and O–H groups in total. The zero-order chi connectivity index (χ0) is 10.8. The molecular formula is C9H19N3S2. The first-order valence-electron chi connectivity index (χ1n) is 4.59. The monoisotopic (exact) mass is 233 g/mol. The Morgan fingerprint density at radius 3 is 2.64 bits per heavy atom. The minimum atomic E-state index is 0.155. The lowest BCUT2D eigenvalue weighted by Crippen LogP contribution is -2.37. The summed E-state index contributed by atoms with van der Waals surface area (Å²) in [5, 5.41) is 5.92. The molecule has 14 heavy (non-hydrogen) atoms. The number of thiol groups is 1. The zero-order valence-electron chi connectivity index (χ0n) is 8.44. The van der Waals surface area contributed by atoms with Gasteiger partial charge >= 0.3 is 0 Å². The molecule has 1 aromatic heterocycles. The van der Waals surface area contributed by atoms with E-state index < -0.39 is 0 Å². The molecule has 0 spiro atoms. The third-order valence-electron chi connectivity index (χ3n) is 1.50. The van der Waals surface area contributed by atoms with Crippen molar-refractivity contribution in [2.24, 2.45) is 5.73 Å². The van der Waals surface area contributed by atoms with Crippen molar-refractivity contribution in [1.82, 2.24) is 5.32 Å². The van der Waals surface area contributed by atoms with Crippen LogP contribution in [0.4, 0.5) is 5.00 Å². The maximum Gasteiger partial charge on any atom is 0.0856 e. The zero-order valence-corrected chi connectivity index (χ0v) is 10.2. The third-order valence-corrected chi connectivity index (χ3v) is 2.43. The average molecular weight is 233 g/mol. The van der Waals surface area contributed by atoms with Gasteiger partial charge in [-0.05, 0) is 23.9 Å². The van der Waals surface area contributed by atoms with E-state index in [0.717, 1.165) is 23.7 Å². The highest BCUT2D eigenvalue weighted by Crippen LogP contribution is 2.07. The van der Waals surface area contributed by atoms with Crippen LogP contribution in [0.1, 0.15) is 13.3 Å². The van der Waals surface area contributed by atoms with Crippen LogP contribution in [0.5, 0.6) is 0 Å². The fraction of sp³-hybridized carbons (Fsp3) is 0.556. The summed E-state index contributed by atoms with van der Waals surface area (Å²) in [4.78, 5) is 0. The largest absolute Gasteiger partial charge is 0.391 e. The van der Waals surface area contributed by atoms with Crippen molar-refractivity contribution in [2.45, 2.75) is 19.5 Å². The van der Waals surface area contributed by atoms with E-state index >= 15 is 0 Å². The van der Waals surface area contributed by atoms with Gasteiger partial charge < -0.3 is 16.8 Å². The molecule has 82 valence electrons. The second kappa shape index (κ2) is 9.33. The Bertz CT molecular complexity index is 202. The smallest absolute Gasteiger partial charge is 0.0856 e. The molecule has 1 unspecified atom stereocenters. The quantitative estimate of drug-likeness (QED) is 0.471. The van der Waals surface area contributed by atoms with E-state index in [1.807, 2.05) is 17.5 Å². The molecule has 0 aliphatic carbocycles. The maximum atomic E-state index is 5.51. The van der Waals surface area contributed by atoms with Crippen LogP contribution >= 0.6 is 24.0 Å². The van der Waals surface area contributed by atoms with Gasteiger partial charge in [0.15, 0.2) is 0 Å². The van der Waals surface area contributed by atoms with E-state index in [9.17, 15) is 0 Å². The number of nitrogen functional groups attached to an aromatic ring is 1. The van der Waals surface area contributed by atoms with Gasteiger partial charge in [-0.2, -0.15) is 12.6 Å². The summed E-state index contributed by atoms with van der Waals surface area (Å²) in [6, 6.07) is 3.81. The number of hydrogen-bond donors (Lipinski definition) is 4. The van der Waals surface area contributed by atoms with Gasteiger partial charge in [0.05, 0.1) is 11.2 Å². The molecule has 0 bridgehead atoms. The second-order valence-electron chi connectivity index (χ2n) is 2.71. The molecule has 1 rings (SSSR count). The number of nitrogens with two attached hydrogens (primary N) is 2. The van der Waals surface area contributed by atoms with Gasteiger partial charge in [-0.25, -0.2) is 0 Å². The minimum absolute atomic E-state index is 0.155. The summed E-state index contributed by atoms with van der Waals surface area (Å²) in [5.41, 5.74) is 10.8. The Morgan fingerprint density at radius 1 is 1.64 bits per heavy atom. The van der Waals surface area contributed by atoms with Crippen LogP contribution in [0.3, 0.4) is 0 Å². The van der Waals surface area contributed by atoms with Crippen molar-refractivity contribution < 1.29 is 0 Å². The molecule has 0 saturated carbocycles. The van der Waals surface area contributed by atoms with E-state index in [0.29, 0.717) is 0 Å². The summed E-state index contributed by atoms with van der Waals surface area (Å²) < 4.78 is 0. The van der Waals surface area contributed by atoms with E-state index in [2.05, 4.69) is 24.9 Å². The third kappa shape index (κ3) is 8.37. The van der Waals surface area contributed by atoms with Gasteiger partial charge in [0.25, 0.3) is 0 Å². The number of rotatable bonds is 4. The lowest BCUT2D eigenvalue weighted by atomic mass is 10.4. The van der Waals surface area contributed by atoms with E-state index in [1.165, 1.54) is 0 Å². The SMILES string of the molecule is CCC(N)NCCS.Nc1cccs1. The van der Waals surface area contributed by atoms with Crippen LogP contribution in [0.15, 0.2) is 17.5 Å². The molecule has 1 atom stereocenters. The molecule has 0 radical (unpaired) electrons. The predicted molar refractivity (Wildman–Crippen MR) is 68.9 cm³/mol. The summed E-state index contributed by atoms with van der Waals surface area (Å²) >= 11 is 5.57. The van der Waals surface area contributed by atoms with Crippen LogP contribution in [-0.2, 0) is 0 Å². The highest BCUT2D eigenvalue weighted by atomic mass is 32.1. The molecule has 0 aliphatic rings. The lowest BCUT2D eigenvalue weighted by Gasteiger charge is -2.08. The fourth-order valence-corrected chi connectivity index (χ4v) is 1.29. The summed E-state index contributed by atoms with van der Waals surface area (Å²) in [6.07, 6.45) is 1.13. The number of thiophene rings is 1. The molecule has 1 heterocycles. The normalized spacial score (nSPS) is 11.6. The van der Waals surface area contributed by atoms with E-state index in [4.69, 9.17) is 11.5 Å². The highest BCUT2D eigenvalue weighted by Gasteiger charge is 1.92. The molecule has 0 aromatic carbocycles. The van der Waals surface area contributed by atoms with Crippen LogP contribution < -0.4 is 16.8 Å². The fourth-order valence-electron chi connectivity index (χ4n) is 0.686. The Labute approximate surface area is 95.3 Å². The Hall–Kier alpha value is -0.230. The lowest BCUT2D eigenvalue weighted by molar-refractivity contribution is 0.533. The van der Waals surface area contributed by atoms with Gasteiger partial charge in [-0.1, -0.05) is 6.92 Å². The molecule has 0 amide bonds. The molecule has 5 heteroatoms. The molecule has 0 fully saturated rings. The standard InChI is InChI=1S/C5H14N2S.C4H5NS/c1-2-5(6)7-3-4-8;5-4-2-1-3-6-4/h5,7-8H,2-4,6H2,1H3;1-3H,5H2. The highest BCUT2D eigenvalue weighted by molar-refractivity contribution is 7.80. The first-order valence-corrected chi connectivity index (χ1v) is 6.10. The molecule has 3 nitrogen and oxygen atoms in total. The Balaban J connectivity index is 0.000000249. The number of nitrogens with one attached hydrogen (secondary N) is 1. The first-order chi connectivity index (χ1) is 6.70. The van der Waals surface area contributed by atoms with Gasteiger partial charge in [-0.3, -0.25) is 0 Å². The van der Waals surface area contributed by atoms with Crippen LogP contribution in [0.25, 0.3) is 0 Å². The second-order valence-corrected chi connectivity index (χ2v) is 4.13. The van der Waals surface area contributed by atoms with Crippen LogP contribution in [-0.4, -0.2) is 18.5 Å². The van der Waals surface area contributed by atoms with E-state index in [-0.39, 0.29) is 6.17 Å². The summed E-state index contributed by atoms with van der Waals surface area (Å²) in [5.74, 6) is 0.855. The Morgan fingerprint density at radius 2 is 2.36 bits per heavy atom. The molecule has 0 aliphatic heterocycles. The molecule has 0 saturated heterocycles. The van der Waals surface area contributed by atoms with Gasteiger partial charge in [0.1, 0.15) is 0 Å². The summed E-state index contributed by atoms with van der Waals surface area (Å²) in [7, 11) is 0. The van der Waals surface area contributed by atoms with Crippen molar-refractivity contribution in [3.8, 4) is 0 Å². The Kier molecular flexibility index (Phi) is 9.18. The van der Waals surface area contributed by atoms with Crippen molar-refractivity contribution in [3.63, 3.8) is 0 Å². The van der Waals surface area contributed by atoms with E-state index in [1.54, 1.807) is 11.3 Å². The van der Waals surface area contributed by atoms with Gasteiger partial charge in [-0.15, -0.1) is 11.3 Å². The summed E-state index contributed by atoms with van der Waals surface area (Å²) in [6.45, 7) is 2.95. The van der Waals surface area contributed by atoms with Gasteiger partial charge in [0.2, 0.25) is 0 Å². The van der Waals surface area contributed by atoms with Crippen LogP contribution in [0.2, 0.25) is 0 Å².